The van der Waals surface area contributed by atoms with Gasteiger partial charge < -0.3 is 10.4 Å². The molecule has 0 aromatic heterocycles. The zero-order valence-corrected chi connectivity index (χ0v) is 10.4. The molecule has 0 amide bonds. The molecular weight excluding hydrogens is 198 g/mol. The zero-order chi connectivity index (χ0) is 11.8. The van der Waals surface area contributed by atoms with Gasteiger partial charge in [-0.3, -0.25) is 0 Å². The van der Waals surface area contributed by atoms with Crippen LogP contribution in [0.1, 0.15) is 50.8 Å². The van der Waals surface area contributed by atoms with E-state index in [-0.39, 0.29) is 5.41 Å². The summed E-state index contributed by atoms with van der Waals surface area (Å²) in [5.41, 5.74) is 2.49. The first-order valence-corrected chi connectivity index (χ1v) is 6.05. The van der Waals surface area contributed by atoms with E-state index in [2.05, 4.69) is 32.2 Å². The van der Waals surface area contributed by atoms with Gasteiger partial charge in [0.25, 0.3) is 0 Å². The van der Waals surface area contributed by atoms with Crippen molar-refractivity contribution < 1.29 is 5.11 Å². The monoisotopic (exact) mass is 219 g/mol. The Kier molecular flexibility index (Phi) is 2.94. The van der Waals surface area contributed by atoms with E-state index < -0.39 is 0 Å². The molecule has 1 aromatic rings. The van der Waals surface area contributed by atoms with Gasteiger partial charge in [0, 0.05) is 11.6 Å². The summed E-state index contributed by atoms with van der Waals surface area (Å²) in [5, 5.41) is 13.4. The van der Waals surface area contributed by atoms with Crippen molar-refractivity contribution in [3.8, 4) is 5.75 Å². The number of phenolic OH excluding ortho intramolecular Hbond substituents is 1. The SMILES string of the molecule is CC(C)(C)c1ccc(O)c([C@@H]2CCCN2)c1. The van der Waals surface area contributed by atoms with Crippen molar-refractivity contribution in [3.05, 3.63) is 29.3 Å². The van der Waals surface area contributed by atoms with Crippen LogP contribution in [0.3, 0.4) is 0 Å². The summed E-state index contributed by atoms with van der Waals surface area (Å²) in [5.74, 6) is 0.424. The normalized spacial score (nSPS) is 21.3. The predicted octanol–water partition coefficient (Wildman–Crippen LogP) is 3.11. The molecule has 16 heavy (non-hydrogen) atoms. The Morgan fingerprint density at radius 2 is 2.06 bits per heavy atom. The number of hydrogen-bond donors (Lipinski definition) is 2. The lowest BCUT2D eigenvalue weighted by molar-refractivity contribution is 0.455. The molecule has 2 nitrogen and oxygen atoms in total. The summed E-state index contributed by atoms with van der Waals surface area (Å²) in [4.78, 5) is 0. The molecule has 2 N–H and O–H groups in total. The van der Waals surface area contributed by atoms with Crippen molar-refractivity contribution in [2.24, 2.45) is 0 Å². The molecule has 1 heterocycles. The van der Waals surface area contributed by atoms with E-state index in [1.807, 2.05) is 12.1 Å². The first kappa shape index (κ1) is 11.5. The van der Waals surface area contributed by atoms with Crippen LogP contribution in [0.2, 0.25) is 0 Å². The van der Waals surface area contributed by atoms with Gasteiger partial charge in [-0.25, -0.2) is 0 Å². The fraction of sp³-hybridized carbons (Fsp3) is 0.571. The van der Waals surface area contributed by atoms with E-state index in [0.29, 0.717) is 11.8 Å². The predicted molar refractivity (Wildman–Crippen MR) is 66.8 cm³/mol. The number of nitrogens with one attached hydrogen (secondary N) is 1. The summed E-state index contributed by atoms with van der Waals surface area (Å²) in [7, 11) is 0. The van der Waals surface area contributed by atoms with Gasteiger partial charge in [-0.2, -0.15) is 0 Å². The van der Waals surface area contributed by atoms with Gasteiger partial charge in [0.15, 0.2) is 0 Å². The Morgan fingerprint density at radius 3 is 2.62 bits per heavy atom. The molecule has 2 heteroatoms. The topological polar surface area (TPSA) is 32.3 Å². The van der Waals surface area contributed by atoms with Gasteiger partial charge in [0.1, 0.15) is 5.75 Å². The van der Waals surface area contributed by atoms with Crippen LogP contribution in [0.15, 0.2) is 18.2 Å². The van der Waals surface area contributed by atoms with E-state index >= 15 is 0 Å². The van der Waals surface area contributed by atoms with Crippen molar-refractivity contribution in [1.29, 1.82) is 0 Å². The molecule has 0 aliphatic carbocycles. The van der Waals surface area contributed by atoms with Gasteiger partial charge >= 0.3 is 0 Å². The highest BCUT2D eigenvalue weighted by Gasteiger charge is 2.22. The van der Waals surface area contributed by atoms with Crippen molar-refractivity contribution in [3.63, 3.8) is 0 Å². The molecule has 1 atom stereocenters. The van der Waals surface area contributed by atoms with Gasteiger partial charge in [0.05, 0.1) is 0 Å². The number of phenols is 1. The van der Waals surface area contributed by atoms with E-state index in [0.717, 1.165) is 18.5 Å². The molecule has 0 spiro atoms. The minimum absolute atomic E-state index is 0.140. The van der Waals surface area contributed by atoms with E-state index in [1.165, 1.54) is 12.0 Å². The van der Waals surface area contributed by atoms with Crippen LogP contribution in [-0.2, 0) is 5.41 Å². The summed E-state index contributed by atoms with van der Waals surface area (Å²) < 4.78 is 0. The molecule has 1 aliphatic rings. The molecule has 1 aliphatic heterocycles. The second kappa shape index (κ2) is 4.10. The average molecular weight is 219 g/mol. The lowest BCUT2D eigenvalue weighted by Crippen LogP contribution is -2.16. The lowest BCUT2D eigenvalue weighted by Gasteiger charge is -2.22. The maximum absolute atomic E-state index is 9.92. The van der Waals surface area contributed by atoms with Crippen molar-refractivity contribution in [2.75, 3.05) is 6.54 Å². The van der Waals surface area contributed by atoms with Gasteiger partial charge in [0.2, 0.25) is 0 Å². The van der Waals surface area contributed by atoms with Gasteiger partial charge in [-0.1, -0.05) is 32.9 Å². The molecule has 1 saturated heterocycles. The molecule has 0 unspecified atom stereocenters. The van der Waals surface area contributed by atoms with E-state index in [1.54, 1.807) is 0 Å². The van der Waals surface area contributed by atoms with E-state index in [9.17, 15) is 5.11 Å². The first-order chi connectivity index (χ1) is 7.48. The number of hydrogen-bond acceptors (Lipinski definition) is 2. The summed E-state index contributed by atoms with van der Waals surface area (Å²) in [6, 6.07) is 6.34. The molecular formula is C14H21NO. The summed E-state index contributed by atoms with van der Waals surface area (Å²) in [6.45, 7) is 7.66. The summed E-state index contributed by atoms with van der Waals surface area (Å²) in [6.07, 6.45) is 2.32. The van der Waals surface area contributed by atoms with Crippen LogP contribution in [-0.4, -0.2) is 11.7 Å². The van der Waals surface area contributed by atoms with Crippen molar-refractivity contribution >= 4 is 0 Å². The highest BCUT2D eigenvalue weighted by atomic mass is 16.3. The minimum atomic E-state index is 0.140. The van der Waals surface area contributed by atoms with Gasteiger partial charge in [-0.05, 0) is 36.4 Å². The molecule has 2 rings (SSSR count). The quantitative estimate of drug-likeness (QED) is 0.760. The molecule has 0 radical (unpaired) electrons. The summed E-state index contributed by atoms with van der Waals surface area (Å²) >= 11 is 0. The number of benzene rings is 1. The fourth-order valence-electron chi connectivity index (χ4n) is 2.25. The van der Waals surface area contributed by atoms with E-state index in [4.69, 9.17) is 0 Å². The second-order valence-electron chi connectivity index (χ2n) is 5.67. The molecule has 1 aromatic carbocycles. The maximum atomic E-state index is 9.92. The van der Waals surface area contributed by atoms with Crippen LogP contribution in [0.5, 0.6) is 5.75 Å². The first-order valence-electron chi connectivity index (χ1n) is 6.05. The lowest BCUT2D eigenvalue weighted by atomic mass is 9.85. The minimum Gasteiger partial charge on any atom is -0.508 e. The second-order valence-corrected chi connectivity index (χ2v) is 5.67. The Balaban J connectivity index is 2.36. The molecule has 88 valence electrons. The molecule has 0 bridgehead atoms. The van der Waals surface area contributed by atoms with Crippen molar-refractivity contribution in [1.82, 2.24) is 5.32 Å². The van der Waals surface area contributed by atoms with Crippen LogP contribution in [0, 0.1) is 0 Å². The standard InChI is InChI=1S/C14H21NO/c1-14(2,3)10-6-7-13(16)11(9-10)12-5-4-8-15-12/h6-7,9,12,15-16H,4-5,8H2,1-3H3/t12-/m0/s1. The third kappa shape index (κ3) is 2.22. The largest absolute Gasteiger partial charge is 0.508 e. The molecule has 0 saturated carbocycles. The van der Waals surface area contributed by atoms with Crippen LogP contribution in [0.4, 0.5) is 0 Å². The highest BCUT2D eigenvalue weighted by Crippen LogP contribution is 2.34. The average Bonchev–Trinajstić information content (AvgIpc) is 2.69. The number of aromatic hydroxyl groups is 1. The van der Waals surface area contributed by atoms with Crippen LogP contribution in [0.25, 0.3) is 0 Å². The third-order valence-electron chi connectivity index (χ3n) is 3.33. The van der Waals surface area contributed by atoms with Gasteiger partial charge in [-0.15, -0.1) is 0 Å². The van der Waals surface area contributed by atoms with Crippen LogP contribution < -0.4 is 5.32 Å². The number of rotatable bonds is 1. The van der Waals surface area contributed by atoms with Crippen LogP contribution >= 0.6 is 0 Å². The Labute approximate surface area is 97.7 Å². The Hall–Kier alpha value is -1.02. The fourth-order valence-corrected chi connectivity index (χ4v) is 2.25. The maximum Gasteiger partial charge on any atom is 0.120 e. The zero-order valence-electron chi connectivity index (χ0n) is 10.4. The molecule has 1 fully saturated rings. The Morgan fingerprint density at radius 1 is 1.31 bits per heavy atom. The third-order valence-corrected chi connectivity index (χ3v) is 3.33. The smallest absolute Gasteiger partial charge is 0.120 e. The Bertz CT molecular complexity index is 373. The highest BCUT2D eigenvalue weighted by molar-refractivity contribution is 5.41. The van der Waals surface area contributed by atoms with Crippen molar-refractivity contribution in [2.45, 2.75) is 45.1 Å².